The lowest BCUT2D eigenvalue weighted by atomic mass is 10.1. The quantitative estimate of drug-likeness (QED) is 0.571. The number of fused-ring (bicyclic) bond motifs is 1. The van der Waals surface area contributed by atoms with Gasteiger partial charge in [0.05, 0.1) is 19.3 Å². The van der Waals surface area contributed by atoms with Crippen molar-refractivity contribution in [1.29, 1.82) is 0 Å². The van der Waals surface area contributed by atoms with Gasteiger partial charge in [-0.1, -0.05) is 36.4 Å². The molecule has 0 amide bonds. The molecule has 0 N–H and O–H groups in total. The van der Waals surface area contributed by atoms with Crippen molar-refractivity contribution in [2.45, 2.75) is 6.54 Å². The monoisotopic (exact) mass is 333 g/mol. The van der Waals surface area contributed by atoms with Gasteiger partial charge in [-0.15, -0.1) is 5.10 Å². The van der Waals surface area contributed by atoms with Crippen LogP contribution in [0.4, 0.5) is 0 Å². The molecular weight excluding hydrogens is 318 g/mol. The standard InChI is InChI=1S/C18H15N5O2/c1-25-17-14(8-5-9-19-17)11-23-18(24)22-12-20-15(10-16(22)21-23)13-6-3-2-4-7-13/h2-10,12H,11H2,1H3. The van der Waals surface area contributed by atoms with Crippen molar-refractivity contribution < 1.29 is 4.74 Å². The Hall–Kier alpha value is -3.48. The second kappa shape index (κ2) is 6.20. The van der Waals surface area contributed by atoms with Gasteiger partial charge in [-0.05, 0) is 6.07 Å². The predicted molar refractivity (Wildman–Crippen MR) is 92.6 cm³/mol. The summed E-state index contributed by atoms with van der Waals surface area (Å²) in [6.45, 7) is 0.276. The summed E-state index contributed by atoms with van der Waals surface area (Å²) in [5, 5.41) is 4.41. The topological polar surface area (TPSA) is 74.3 Å². The van der Waals surface area contributed by atoms with Gasteiger partial charge in [0.1, 0.15) is 6.33 Å². The summed E-state index contributed by atoms with van der Waals surface area (Å²) in [6, 6.07) is 15.2. The lowest BCUT2D eigenvalue weighted by Crippen LogP contribution is -2.22. The second-order valence-corrected chi connectivity index (χ2v) is 5.48. The van der Waals surface area contributed by atoms with E-state index < -0.39 is 0 Å². The molecule has 0 bridgehead atoms. The van der Waals surface area contributed by atoms with Crippen LogP contribution in [-0.2, 0) is 6.54 Å². The van der Waals surface area contributed by atoms with Gasteiger partial charge >= 0.3 is 5.69 Å². The molecule has 7 nitrogen and oxygen atoms in total. The molecule has 3 heterocycles. The fourth-order valence-corrected chi connectivity index (χ4v) is 2.68. The number of methoxy groups -OCH3 is 1. The van der Waals surface area contributed by atoms with E-state index in [0.29, 0.717) is 11.5 Å². The van der Waals surface area contributed by atoms with Crippen LogP contribution >= 0.6 is 0 Å². The Labute approximate surface area is 143 Å². The summed E-state index contributed by atoms with van der Waals surface area (Å²) >= 11 is 0. The van der Waals surface area contributed by atoms with E-state index in [9.17, 15) is 4.79 Å². The van der Waals surface area contributed by atoms with E-state index in [2.05, 4.69) is 15.1 Å². The number of hydrogen-bond donors (Lipinski definition) is 0. The largest absolute Gasteiger partial charge is 0.481 e. The fourth-order valence-electron chi connectivity index (χ4n) is 2.68. The SMILES string of the molecule is COc1ncccc1Cn1nc2cc(-c3ccccc3)ncn2c1=O. The fraction of sp³-hybridized carbons (Fsp3) is 0.111. The third kappa shape index (κ3) is 2.76. The minimum absolute atomic E-state index is 0.256. The molecule has 4 rings (SSSR count). The molecule has 1 aromatic carbocycles. The molecule has 4 aromatic rings. The van der Waals surface area contributed by atoms with E-state index in [0.717, 1.165) is 16.8 Å². The Balaban J connectivity index is 1.76. The van der Waals surface area contributed by atoms with Gasteiger partial charge < -0.3 is 4.74 Å². The van der Waals surface area contributed by atoms with Crippen LogP contribution in [0.1, 0.15) is 5.56 Å². The molecular formula is C18H15N5O2. The molecule has 0 aliphatic heterocycles. The first-order valence-corrected chi connectivity index (χ1v) is 7.75. The number of rotatable bonds is 4. The Morgan fingerprint density at radius 3 is 2.72 bits per heavy atom. The van der Waals surface area contributed by atoms with E-state index >= 15 is 0 Å². The van der Waals surface area contributed by atoms with Gasteiger partial charge in [0.25, 0.3) is 0 Å². The van der Waals surface area contributed by atoms with Crippen LogP contribution in [0.25, 0.3) is 16.9 Å². The van der Waals surface area contributed by atoms with Gasteiger partial charge in [-0.25, -0.2) is 23.8 Å². The molecule has 124 valence electrons. The highest BCUT2D eigenvalue weighted by Crippen LogP contribution is 2.17. The average molecular weight is 333 g/mol. The number of aromatic nitrogens is 5. The van der Waals surface area contributed by atoms with Crippen LogP contribution in [0.3, 0.4) is 0 Å². The van der Waals surface area contributed by atoms with Crippen molar-refractivity contribution in [3.05, 3.63) is 77.1 Å². The maximum atomic E-state index is 12.5. The number of hydrogen-bond acceptors (Lipinski definition) is 5. The first kappa shape index (κ1) is 15.1. The smallest absolute Gasteiger partial charge is 0.351 e. The number of benzene rings is 1. The number of pyridine rings is 1. The van der Waals surface area contributed by atoms with E-state index in [1.54, 1.807) is 25.4 Å². The highest BCUT2D eigenvalue weighted by Gasteiger charge is 2.12. The third-order valence-electron chi connectivity index (χ3n) is 3.91. The second-order valence-electron chi connectivity index (χ2n) is 5.48. The first-order valence-electron chi connectivity index (χ1n) is 7.75. The van der Waals surface area contributed by atoms with Crippen LogP contribution in [0.15, 0.2) is 65.8 Å². The zero-order valence-corrected chi connectivity index (χ0v) is 13.5. The Kier molecular flexibility index (Phi) is 3.74. The van der Waals surface area contributed by atoms with Crippen molar-refractivity contribution in [3.63, 3.8) is 0 Å². The summed E-state index contributed by atoms with van der Waals surface area (Å²) in [5.41, 5.74) is 2.81. The van der Waals surface area contributed by atoms with Gasteiger partial charge in [-0.3, -0.25) is 0 Å². The zero-order valence-electron chi connectivity index (χ0n) is 13.5. The van der Waals surface area contributed by atoms with Crippen molar-refractivity contribution in [3.8, 4) is 17.1 Å². The molecule has 0 saturated carbocycles. The molecule has 0 saturated heterocycles. The molecule has 0 aliphatic rings. The van der Waals surface area contributed by atoms with Gasteiger partial charge in [0, 0.05) is 23.4 Å². The van der Waals surface area contributed by atoms with Crippen molar-refractivity contribution in [2.24, 2.45) is 0 Å². The number of nitrogens with zero attached hydrogens (tertiary/aromatic N) is 5. The summed E-state index contributed by atoms with van der Waals surface area (Å²) < 4.78 is 8.04. The number of ether oxygens (including phenoxy) is 1. The van der Waals surface area contributed by atoms with Crippen LogP contribution in [0.5, 0.6) is 5.88 Å². The minimum Gasteiger partial charge on any atom is -0.481 e. The molecule has 0 spiro atoms. The summed E-state index contributed by atoms with van der Waals surface area (Å²) in [6.07, 6.45) is 3.15. The molecule has 3 aromatic heterocycles. The van der Waals surface area contributed by atoms with Crippen LogP contribution in [0.2, 0.25) is 0 Å². The van der Waals surface area contributed by atoms with Crippen LogP contribution in [0, 0.1) is 0 Å². The van der Waals surface area contributed by atoms with E-state index in [-0.39, 0.29) is 12.2 Å². The zero-order chi connectivity index (χ0) is 17.2. The van der Waals surface area contributed by atoms with Crippen molar-refractivity contribution in [1.82, 2.24) is 24.1 Å². The molecule has 7 heteroatoms. The predicted octanol–water partition coefficient (Wildman–Crippen LogP) is 2.01. The van der Waals surface area contributed by atoms with E-state index in [1.807, 2.05) is 36.4 Å². The molecule has 0 unspecified atom stereocenters. The van der Waals surface area contributed by atoms with Crippen LogP contribution < -0.4 is 10.4 Å². The minimum atomic E-state index is -0.256. The van der Waals surface area contributed by atoms with Gasteiger partial charge in [0.15, 0.2) is 5.65 Å². The van der Waals surface area contributed by atoms with Gasteiger partial charge in [0.2, 0.25) is 5.88 Å². The third-order valence-corrected chi connectivity index (χ3v) is 3.91. The normalized spacial score (nSPS) is 10.9. The van der Waals surface area contributed by atoms with Gasteiger partial charge in [-0.2, -0.15) is 0 Å². The Morgan fingerprint density at radius 2 is 1.92 bits per heavy atom. The first-order chi connectivity index (χ1) is 12.3. The van der Waals surface area contributed by atoms with E-state index in [1.165, 1.54) is 15.4 Å². The maximum absolute atomic E-state index is 12.5. The van der Waals surface area contributed by atoms with Crippen LogP contribution in [-0.4, -0.2) is 31.3 Å². The highest BCUT2D eigenvalue weighted by atomic mass is 16.5. The molecule has 0 fully saturated rings. The average Bonchev–Trinajstić information content (AvgIpc) is 2.98. The Bertz CT molecular complexity index is 1090. The highest BCUT2D eigenvalue weighted by molar-refractivity contribution is 5.62. The van der Waals surface area contributed by atoms with Crippen molar-refractivity contribution in [2.75, 3.05) is 7.11 Å². The molecule has 0 radical (unpaired) electrons. The van der Waals surface area contributed by atoms with Crippen molar-refractivity contribution >= 4 is 5.65 Å². The molecule has 0 aliphatic carbocycles. The lowest BCUT2D eigenvalue weighted by Gasteiger charge is -2.05. The summed E-state index contributed by atoms with van der Waals surface area (Å²) in [7, 11) is 1.55. The Morgan fingerprint density at radius 1 is 1.08 bits per heavy atom. The molecule has 25 heavy (non-hydrogen) atoms. The summed E-state index contributed by atoms with van der Waals surface area (Å²) in [5.74, 6) is 0.481. The lowest BCUT2D eigenvalue weighted by molar-refractivity contribution is 0.390. The summed E-state index contributed by atoms with van der Waals surface area (Å²) in [4.78, 5) is 21.1. The van der Waals surface area contributed by atoms with E-state index in [4.69, 9.17) is 4.74 Å². The maximum Gasteiger partial charge on any atom is 0.351 e. The molecule has 0 atom stereocenters.